The van der Waals surface area contributed by atoms with Crippen molar-refractivity contribution < 1.29 is 5.11 Å². The van der Waals surface area contributed by atoms with Crippen LogP contribution in [0.4, 0.5) is 5.69 Å². The zero-order valence-corrected chi connectivity index (χ0v) is 10.8. The number of aryl methyl sites for hydroxylation is 1. The van der Waals surface area contributed by atoms with Gasteiger partial charge >= 0.3 is 0 Å². The topological polar surface area (TPSA) is 67.1 Å². The van der Waals surface area contributed by atoms with Crippen molar-refractivity contribution in [3.63, 3.8) is 0 Å². The van der Waals surface area contributed by atoms with Crippen molar-refractivity contribution in [1.29, 1.82) is 0 Å². The van der Waals surface area contributed by atoms with Crippen molar-refractivity contribution in [3.05, 3.63) is 35.7 Å². The number of tetrazole rings is 1. The Kier molecular flexibility index (Phi) is 3.57. The molecule has 1 N–H and O–H groups in total. The molecular formula is C12H17N5O. The van der Waals surface area contributed by atoms with Crippen LogP contribution in [0, 0.1) is 0 Å². The molecule has 6 nitrogen and oxygen atoms in total. The minimum atomic E-state index is -0.617. The predicted molar refractivity (Wildman–Crippen MR) is 68.2 cm³/mol. The summed E-state index contributed by atoms with van der Waals surface area (Å²) in [6, 6.07) is 7.78. The van der Waals surface area contributed by atoms with Crippen molar-refractivity contribution in [3.8, 4) is 0 Å². The molecule has 1 aromatic heterocycles. The molecule has 2 aromatic rings. The summed E-state index contributed by atoms with van der Waals surface area (Å²) in [7, 11) is 5.64. The highest BCUT2D eigenvalue weighted by atomic mass is 16.3. The largest absolute Gasteiger partial charge is 0.388 e. The Morgan fingerprint density at radius 3 is 2.78 bits per heavy atom. The van der Waals surface area contributed by atoms with Gasteiger partial charge in [0.25, 0.3) is 0 Å². The van der Waals surface area contributed by atoms with Crippen LogP contribution in [0.5, 0.6) is 0 Å². The van der Waals surface area contributed by atoms with Crippen LogP contribution in [0.25, 0.3) is 0 Å². The van der Waals surface area contributed by atoms with Crippen LogP contribution in [-0.4, -0.2) is 39.4 Å². The number of aliphatic hydroxyl groups excluding tert-OH is 1. The van der Waals surface area contributed by atoms with E-state index in [9.17, 15) is 5.11 Å². The second-order valence-electron chi connectivity index (χ2n) is 4.40. The monoisotopic (exact) mass is 247 g/mol. The molecule has 6 heteroatoms. The maximum Gasteiger partial charge on any atom is 0.177 e. The Morgan fingerprint density at radius 1 is 1.39 bits per heavy atom. The van der Waals surface area contributed by atoms with Crippen LogP contribution in [0.3, 0.4) is 0 Å². The van der Waals surface area contributed by atoms with Gasteiger partial charge in [-0.05, 0) is 22.9 Å². The van der Waals surface area contributed by atoms with Crippen molar-refractivity contribution in [1.82, 2.24) is 20.2 Å². The molecule has 1 aromatic carbocycles. The predicted octanol–water partition coefficient (Wildman–Crippen LogP) is 0.552. The molecule has 0 saturated carbocycles. The summed E-state index contributed by atoms with van der Waals surface area (Å²) in [4.78, 5) is 3.38. The van der Waals surface area contributed by atoms with E-state index < -0.39 is 6.10 Å². The second kappa shape index (κ2) is 5.14. The Labute approximate surface area is 106 Å². The fourth-order valence-electron chi connectivity index (χ4n) is 1.71. The first-order valence-corrected chi connectivity index (χ1v) is 5.74. The van der Waals surface area contributed by atoms with Crippen LogP contribution in [-0.2, 0) is 13.5 Å². The highest BCUT2D eigenvalue weighted by molar-refractivity contribution is 5.47. The SMILES string of the molecule is CN(C)c1cccc(C(O)Cc2nnn(C)n2)c1. The summed E-state index contributed by atoms with van der Waals surface area (Å²) in [6.45, 7) is 0. The van der Waals surface area contributed by atoms with Crippen LogP contribution in [0.1, 0.15) is 17.5 Å². The molecule has 0 aliphatic heterocycles. The average Bonchev–Trinajstić information content (AvgIpc) is 2.75. The summed E-state index contributed by atoms with van der Waals surface area (Å²) < 4.78 is 0. The van der Waals surface area contributed by atoms with E-state index in [1.54, 1.807) is 7.05 Å². The third kappa shape index (κ3) is 2.84. The van der Waals surface area contributed by atoms with Crippen molar-refractivity contribution in [2.45, 2.75) is 12.5 Å². The third-order valence-corrected chi connectivity index (χ3v) is 2.70. The molecule has 1 heterocycles. The lowest BCUT2D eigenvalue weighted by Crippen LogP contribution is -2.10. The van der Waals surface area contributed by atoms with E-state index >= 15 is 0 Å². The van der Waals surface area contributed by atoms with E-state index in [-0.39, 0.29) is 0 Å². The lowest BCUT2D eigenvalue weighted by Gasteiger charge is -2.15. The first-order chi connectivity index (χ1) is 8.56. The maximum absolute atomic E-state index is 10.2. The van der Waals surface area contributed by atoms with E-state index in [4.69, 9.17) is 0 Å². The highest BCUT2D eigenvalue weighted by Gasteiger charge is 2.12. The van der Waals surface area contributed by atoms with E-state index in [0.29, 0.717) is 12.2 Å². The number of hydrogen-bond acceptors (Lipinski definition) is 5. The molecule has 96 valence electrons. The van der Waals surface area contributed by atoms with Gasteiger partial charge in [-0.15, -0.1) is 10.2 Å². The van der Waals surface area contributed by atoms with Crippen molar-refractivity contribution >= 4 is 5.69 Å². The number of anilines is 1. The van der Waals surface area contributed by atoms with Gasteiger partial charge in [0, 0.05) is 26.2 Å². The smallest absolute Gasteiger partial charge is 0.177 e. The molecule has 0 amide bonds. The van der Waals surface area contributed by atoms with Gasteiger partial charge in [0.1, 0.15) is 0 Å². The van der Waals surface area contributed by atoms with Gasteiger partial charge < -0.3 is 10.0 Å². The van der Waals surface area contributed by atoms with Gasteiger partial charge in [0.05, 0.1) is 13.2 Å². The summed E-state index contributed by atoms with van der Waals surface area (Å²) in [5.41, 5.74) is 1.91. The van der Waals surface area contributed by atoms with Gasteiger partial charge in [-0.25, -0.2) is 0 Å². The molecule has 0 aliphatic carbocycles. The molecule has 0 bridgehead atoms. The molecule has 0 radical (unpaired) electrons. The average molecular weight is 247 g/mol. The molecule has 1 atom stereocenters. The number of rotatable bonds is 4. The molecule has 0 aliphatic rings. The number of aliphatic hydroxyl groups is 1. The van der Waals surface area contributed by atoms with Crippen LogP contribution < -0.4 is 4.90 Å². The van der Waals surface area contributed by atoms with Gasteiger partial charge in [0.2, 0.25) is 0 Å². The first kappa shape index (κ1) is 12.5. The second-order valence-corrected chi connectivity index (χ2v) is 4.40. The fourth-order valence-corrected chi connectivity index (χ4v) is 1.71. The Hall–Kier alpha value is -1.95. The molecule has 2 rings (SSSR count). The number of benzene rings is 1. The van der Waals surface area contributed by atoms with E-state index in [1.807, 2.05) is 43.3 Å². The molecule has 1 unspecified atom stereocenters. The molecular weight excluding hydrogens is 230 g/mol. The van der Waals surface area contributed by atoms with Crippen LogP contribution in [0.15, 0.2) is 24.3 Å². The molecule has 0 saturated heterocycles. The third-order valence-electron chi connectivity index (χ3n) is 2.70. The van der Waals surface area contributed by atoms with E-state index in [0.717, 1.165) is 11.3 Å². The summed E-state index contributed by atoms with van der Waals surface area (Å²) in [5.74, 6) is 0.542. The van der Waals surface area contributed by atoms with Crippen LogP contribution in [0.2, 0.25) is 0 Å². The number of hydrogen-bond donors (Lipinski definition) is 1. The minimum Gasteiger partial charge on any atom is -0.388 e. The zero-order valence-electron chi connectivity index (χ0n) is 10.8. The fraction of sp³-hybridized carbons (Fsp3) is 0.417. The Bertz CT molecular complexity index is 523. The van der Waals surface area contributed by atoms with Crippen molar-refractivity contribution in [2.24, 2.45) is 7.05 Å². The standard InChI is InChI=1S/C12H17N5O/c1-16(2)10-6-4-5-9(7-10)11(18)8-12-13-15-17(3)14-12/h4-7,11,18H,8H2,1-3H3. The lowest BCUT2D eigenvalue weighted by atomic mass is 10.1. The zero-order chi connectivity index (χ0) is 13.1. The lowest BCUT2D eigenvalue weighted by molar-refractivity contribution is 0.176. The van der Waals surface area contributed by atoms with E-state index in [2.05, 4.69) is 15.4 Å². The molecule has 0 fully saturated rings. The summed E-state index contributed by atoms with van der Waals surface area (Å²) in [5, 5.41) is 21.8. The summed E-state index contributed by atoms with van der Waals surface area (Å²) in [6.07, 6.45) is -0.251. The van der Waals surface area contributed by atoms with Crippen molar-refractivity contribution in [2.75, 3.05) is 19.0 Å². The highest BCUT2D eigenvalue weighted by Crippen LogP contribution is 2.21. The van der Waals surface area contributed by atoms with Gasteiger partial charge in [-0.2, -0.15) is 4.80 Å². The minimum absolute atomic E-state index is 0.366. The van der Waals surface area contributed by atoms with Gasteiger partial charge in [-0.3, -0.25) is 0 Å². The molecule has 18 heavy (non-hydrogen) atoms. The normalized spacial score (nSPS) is 12.4. The number of aromatic nitrogens is 4. The first-order valence-electron chi connectivity index (χ1n) is 5.74. The quantitative estimate of drug-likeness (QED) is 0.854. The van der Waals surface area contributed by atoms with Gasteiger partial charge in [0.15, 0.2) is 5.82 Å². The maximum atomic E-state index is 10.2. The molecule has 0 spiro atoms. The van der Waals surface area contributed by atoms with Crippen LogP contribution >= 0.6 is 0 Å². The van der Waals surface area contributed by atoms with E-state index in [1.165, 1.54) is 4.80 Å². The Balaban J connectivity index is 2.13. The number of nitrogens with zero attached hydrogens (tertiary/aromatic N) is 5. The van der Waals surface area contributed by atoms with Gasteiger partial charge in [-0.1, -0.05) is 12.1 Å². The summed E-state index contributed by atoms with van der Waals surface area (Å²) >= 11 is 0. The Morgan fingerprint density at radius 2 is 2.17 bits per heavy atom.